The number of rotatable bonds is 1. The zero-order valence-corrected chi connectivity index (χ0v) is 11.1. The first kappa shape index (κ1) is 12.8. The van der Waals surface area contributed by atoms with E-state index in [1.807, 2.05) is 6.92 Å². The van der Waals surface area contributed by atoms with Crippen molar-refractivity contribution < 1.29 is 9.90 Å². The summed E-state index contributed by atoms with van der Waals surface area (Å²) in [6, 6.07) is 1.98. The van der Waals surface area contributed by atoms with E-state index in [9.17, 15) is 9.90 Å². The maximum atomic E-state index is 12.3. The van der Waals surface area contributed by atoms with Gasteiger partial charge in [0.15, 0.2) is 0 Å². The predicted octanol–water partition coefficient (Wildman–Crippen LogP) is 0.872. The smallest absolute Gasteiger partial charge is 0.257 e. The Labute approximate surface area is 107 Å². The molecule has 0 aliphatic carbocycles. The highest BCUT2D eigenvalue weighted by Crippen LogP contribution is 2.20. The van der Waals surface area contributed by atoms with Gasteiger partial charge in [-0.25, -0.2) is 0 Å². The van der Waals surface area contributed by atoms with Gasteiger partial charge in [0.25, 0.3) is 5.91 Å². The zero-order chi connectivity index (χ0) is 13.3. The quantitative estimate of drug-likeness (QED) is 0.802. The lowest BCUT2D eigenvalue weighted by Gasteiger charge is -2.37. The number of carbonyl (C=O) groups is 1. The van der Waals surface area contributed by atoms with Crippen molar-refractivity contribution in [1.29, 1.82) is 0 Å². The van der Waals surface area contributed by atoms with Gasteiger partial charge in [-0.3, -0.25) is 9.78 Å². The minimum Gasteiger partial charge on any atom is -0.505 e. The van der Waals surface area contributed by atoms with Gasteiger partial charge in [-0.05, 0) is 27.0 Å². The van der Waals surface area contributed by atoms with E-state index in [1.165, 1.54) is 6.20 Å². The van der Waals surface area contributed by atoms with Crippen LogP contribution in [0.4, 0.5) is 0 Å². The number of carbonyl (C=O) groups excluding carboxylic acids is 1. The van der Waals surface area contributed by atoms with Gasteiger partial charge in [0.1, 0.15) is 5.75 Å². The topological polar surface area (TPSA) is 56.7 Å². The second-order valence-corrected chi connectivity index (χ2v) is 4.92. The van der Waals surface area contributed by atoms with Crippen LogP contribution >= 0.6 is 0 Å². The highest BCUT2D eigenvalue weighted by molar-refractivity contribution is 5.96. The summed E-state index contributed by atoms with van der Waals surface area (Å²) in [5.74, 6) is -0.157. The van der Waals surface area contributed by atoms with Crippen LogP contribution in [0.5, 0.6) is 5.75 Å². The maximum absolute atomic E-state index is 12.3. The summed E-state index contributed by atoms with van der Waals surface area (Å²) in [4.78, 5) is 20.3. The molecule has 98 valence electrons. The van der Waals surface area contributed by atoms with Gasteiger partial charge in [-0.2, -0.15) is 0 Å². The second-order valence-electron chi connectivity index (χ2n) is 4.92. The van der Waals surface area contributed by atoms with E-state index in [4.69, 9.17) is 0 Å². The number of aromatic nitrogens is 1. The summed E-state index contributed by atoms with van der Waals surface area (Å²) in [5.41, 5.74) is 1.08. The molecular formula is C13H19N3O2. The number of aromatic hydroxyl groups is 1. The van der Waals surface area contributed by atoms with Crippen LogP contribution in [-0.4, -0.2) is 58.5 Å². The first-order valence-corrected chi connectivity index (χ1v) is 6.14. The average Bonchev–Trinajstić information content (AvgIpc) is 2.35. The fraction of sp³-hybridized carbons (Fsp3) is 0.538. The molecule has 18 heavy (non-hydrogen) atoms. The van der Waals surface area contributed by atoms with Gasteiger partial charge < -0.3 is 14.9 Å². The van der Waals surface area contributed by atoms with Crippen LogP contribution in [0, 0.1) is 6.92 Å². The molecule has 2 heterocycles. The fourth-order valence-corrected chi connectivity index (χ4v) is 2.13. The van der Waals surface area contributed by atoms with Gasteiger partial charge in [0.05, 0.1) is 11.8 Å². The van der Waals surface area contributed by atoms with Crippen molar-refractivity contribution in [1.82, 2.24) is 14.8 Å². The molecule has 1 fully saturated rings. The number of pyridine rings is 1. The Kier molecular flexibility index (Phi) is 3.52. The molecule has 5 nitrogen and oxygen atoms in total. The molecular weight excluding hydrogens is 230 g/mol. The average molecular weight is 249 g/mol. The molecule has 0 bridgehead atoms. The molecule has 1 atom stereocenters. The Morgan fingerprint density at radius 2 is 2.22 bits per heavy atom. The van der Waals surface area contributed by atoms with Crippen molar-refractivity contribution in [2.24, 2.45) is 0 Å². The van der Waals surface area contributed by atoms with E-state index in [0.717, 1.165) is 12.2 Å². The molecule has 0 radical (unpaired) electrons. The standard InChI is InChI=1S/C13H19N3O2/c1-9-6-11(12(17)7-14-9)13(18)16-5-4-15(3)10(2)8-16/h6-7,10,17H,4-5,8H2,1-3H3/t10-/m1/s1. The first-order valence-electron chi connectivity index (χ1n) is 6.14. The van der Waals surface area contributed by atoms with Crippen LogP contribution in [-0.2, 0) is 0 Å². The molecule has 1 aliphatic heterocycles. The van der Waals surface area contributed by atoms with E-state index < -0.39 is 0 Å². The second kappa shape index (κ2) is 4.94. The number of piperazine rings is 1. The van der Waals surface area contributed by atoms with Gasteiger partial charge >= 0.3 is 0 Å². The third-order valence-electron chi connectivity index (χ3n) is 3.50. The minimum absolute atomic E-state index is 0.0443. The zero-order valence-electron chi connectivity index (χ0n) is 11.1. The van der Waals surface area contributed by atoms with Crippen LogP contribution < -0.4 is 0 Å². The van der Waals surface area contributed by atoms with Crippen molar-refractivity contribution >= 4 is 5.91 Å². The summed E-state index contributed by atoms with van der Waals surface area (Å²) >= 11 is 0. The third kappa shape index (κ3) is 2.46. The summed E-state index contributed by atoms with van der Waals surface area (Å²) in [6.07, 6.45) is 1.34. The Morgan fingerprint density at radius 3 is 2.89 bits per heavy atom. The molecule has 0 saturated carbocycles. The number of hydrogen-bond acceptors (Lipinski definition) is 4. The number of hydrogen-bond donors (Lipinski definition) is 1. The van der Waals surface area contributed by atoms with Crippen LogP contribution in [0.3, 0.4) is 0 Å². The van der Waals surface area contributed by atoms with Crippen LogP contribution in [0.1, 0.15) is 23.0 Å². The van der Waals surface area contributed by atoms with Gasteiger partial charge in [0.2, 0.25) is 0 Å². The Hall–Kier alpha value is -1.62. The van der Waals surface area contributed by atoms with E-state index in [2.05, 4.69) is 23.9 Å². The summed E-state index contributed by atoms with van der Waals surface area (Å²) in [6.45, 7) is 6.15. The van der Waals surface area contributed by atoms with Crippen LogP contribution in [0.25, 0.3) is 0 Å². The third-order valence-corrected chi connectivity index (χ3v) is 3.50. The largest absolute Gasteiger partial charge is 0.505 e. The van der Waals surface area contributed by atoms with Gasteiger partial charge in [-0.15, -0.1) is 0 Å². The minimum atomic E-state index is -0.113. The van der Waals surface area contributed by atoms with E-state index >= 15 is 0 Å². The molecule has 0 spiro atoms. The van der Waals surface area contributed by atoms with Gasteiger partial charge in [-0.1, -0.05) is 0 Å². The lowest BCUT2D eigenvalue weighted by Crippen LogP contribution is -2.52. The Balaban J connectivity index is 2.19. The molecule has 0 unspecified atom stereocenters. The van der Waals surface area contributed by atoms with Crippen molar-refractivity contribution in [3.05, 3.63) is 23.5 Å². The Morgan fingerprint density at radius 1 is 1.50 bits per heavy atom. The molecule has 1 aromatic heterocycles. The predicted molar refractivity (Wildman–Crippen MR) is 68.6 cm³/mol. The van der Waals surface area contributed by atoms with Gasteiger partial charge in [0, 0.05) is 31.4 Å². The highest BCUT2D eigenvalue weighted by Gasteiger charge is 2.26. The first-order chi connectivity index (χ1) is 8.49. The Bertz CT molecular complexity index is 462. The lowest BCUT2D eigenvalue weighted by molar-refractivity contribution is 0.0569. The monoisotopic (exact) mass is 249 g/mol. The molecule has 5 heteroatoms. The lowest BCUT2D eigenvalue weighted by atomic mass is 10.1. The number of likely N-dealkylation sites (N-methyl/N-ethyl adjacent to an activating group) is 1. The number of aryl methyl sites for hydroxylation is 1. The molecule has 1 amide bonds. The molecule has 1 aliphatic rings. The number of nitrogens with zero attached hydrogens (tertiary/aromatic N) is 3. The fourth-order valence-electron chi connectivity index (χ4n) is 2.13. The van der Waals surface area contributed by atoms with Crippen molar-refractivity contribution in [3.63, 3.8) is 0 Å². The van der Waals surface area contributed by atoms with Crippen molar-refractivity contribution in [2.45, 2.75) is 19.9 Å². The maximum Gasteiger partial charge on any atom is 0.257 e. The van der Waals surface area contributed by atoms with Crippen LogP contribution in [0.2, 0.25) is 0 Å². The molecule has 1 aromatic rings. The molecule has 1 N–H and O–H groups in total. The van der Waals surface area contributed by atoms with E-state index in [1.54, 1.807) is 11.0 Å². The van der Waals surface area contributed by atoms with Crippen molar-refractivity contribution in [2.75, 3.05) is 26.7 Å². The summed E-state index contributed by atoms with van der Waals surface area (Å²) < 4.78 is 0. The molecule has 1 saturated heterocycles. The molecule has 0 aromatic carbocycles. The summed E-state index contributed by atoms with van der Waals surface area (Å²) in [7, 11) is 2.06. The van der Waals surface area contributed by atoms with E-state index in [0.29, 0.717) is 24.7 Å². The highest BCUT2D eigenvalue weighted by atomic mass is 16.3. The SMILES string of the molecule is Cc1cc(C(=O)N2CCN(C)[C@H](C)C2)c(O)cn1. The van der Waals surface area contributed by atoms with Crippen LogP contribution in [0.15, 0.2) is 12.3 Å². The number of amides is 1. The molecule has 2 rings (SSSR count). The van der Waals surface area contributed by atoms with E-state index in [-0.39, 0.29) is 11.7 Å². The van der Waals surface area contributed by atoms with Crippen molar-refractivity contribution in [3.8, 4) is 5.75 Å². The summed E-state index contributed by atoms with van der Waals surface area (Å²) in [5, 5.41) is 9.73. The normalized spacial score (nSPS) is 21.1.